The highest BCUT2D eigenvalue weighted by Gasteiger charge is 2.29. The molecule has 4 rings (SSSR count). The van der Waals surface area contributed by atoms with Crippen LogP contribution in [0.25, 0.3) is 0 Å². The summed E-state index contributed by atoms with van der Waals surface area (Å²) in [7, 11) is 0. The fourth-order valence-corrected chi connectivity index (χ4v) is 4.78. The van der Waals surface area contributed by atoms with E-state index in [9.17, 15) is 9.59 Å². The van der Waals surface area contributed by atoms with Gasteiger partial charge in [0.1, 0.15) is 23.1 Å². The van der Waals surface area contributed by atoms with Gasteiger partial charge in [0.15, 0.2) is 0 Å². The number of amides is 2. The van der Waals surface area contributed by atoms with Gasteiger partial charge in [-0.2, -0.15) is 0 Å². The van der Waals surface area contributed by atoms with Gasteiger partial charge in [-0.1, -0.05) is 54.3 Å². The van der Waals surface area contributed by atoms with Crippen molar-refractivity contribution >= 4 is 34.8 Å². The van der Waals surface area contributed by atoms with E-state index in [1.807, 2.05) is 31.2 Å². The first-order chi connectivity index (χ1) is 16.0. The lowest BCUT2D eigenvalue weighted by atomic mass is 9.90. The maximum atomic E-state index is 12.9. The highest BCUT2D eigenvalue weighted by molar-refractivity contribution is 7.09. The molecule has 0 bridgehead atoms. The molecule has 2 N–H and O–H groups in total. The van der Waals surface area contributed by atoms with Gasteiger partial charge in [0, 0.05) is 17.5 Å². The second-order valence-corrected chi connectivity index (χ2v) is 9.50. The summed E-state index contributed by atoms with van der Waals surface area (Å²) in [5.41, 5.74) is 1.97. The van der Waals surface area contributed by atoms with Crippen LogP contribution < -0.4 is 15.4 Å². The Labute approximate surface area is 202 Å². The second kappa shape index (κ2) is 10.8. The molecular formula is C25H26ClN3O3S. The number of carbonyl (C=O) groups is 2. The average Bonchev–Trinajstić information content (AvgIpc) is 3.29. The highest BCUT2D eigenvalue weighted by atomic mass is 35.5. The van der Waals surface area contributed by atoms with Gasteiger partial charge in [0.25, 0.3) is 11.8 Å². The Kier molecular flexibility index (Phi) is 7.62. The Morgan fingerprint density at radius 2 is 1.70 bits per heavy atom. The molecule has 33 heavy (non-hydrogen) atoms. The van der Waals surface area contributed by atoms with Crippen molar-refractivity contribution in [3.63, 3.8) is 0 Å². The lowest BCUT2D eigenvalue weighted by Gasteiger charge is -2.32. The van der Waals surface area contributed by atoms with Crippen molar-refractivity contribution in [3.05, 3.63) is 80.8 Å². The van der Waals surface area contributed by atoms with Gasteiger partial charge in [-0.15, -0.1) is 11.3 Å². The molecule has 1 saturated carbocycles. The Hall–Kier alpha value is -2.90. The fourth-order valence-electron chi connectivity index (χ4n) is 3.87. The number of nitrogens with zero attached hydrogens (tertiary/aromatic N) is 1. The molecular weight excluding hydrogens is 458 g/mol. The van der Waals surface area contributed by atoms with Crippen molar-refractivity contribution in [2.75, 3.05) is 0 Å². The number of rotatable bonds is 7. The molecule has 0 spiro atoms. The lowest BCUT2D eigenvalue weighted by molar-refractivity contribution is 0.0860. The second-order valence-electron chi connectivity index (χ2n) is 8.15. The number of ether oxygens (including phenoxy) is 1. The van der Waals surface area contributed by atoms with E-state index in [4.69, 9.17) is 16.3 Å². The maximum Gasteiger partial charge on any atom is 0.271 e. The molecule has 0 radical (unpaired) electrons. The molecule has 8 heteroatoms. The van der Waals surface area contributed by atoms with E-state index in [0.717, 1.165) is 36.4 Å². The Morgan fingerprint density at radius 3 is 2.39 bits per heavy atom. The van der Waals surface area contributed by atoms with Crippen molar-refractivity contribution in [2.45, 2.75) is 51.3 Å². The molecule has 2 amide bonds. The van der Waals surface area contributed by atoms with Crippen LogP contribution in [0.1, 0.15) is 57.1 Å². The van der Waals surface area contributed by atoms with Crippen LogP contribution in [0.2, 0.25) is 5.02 Å². The summed E-state index contributed by atoms with van der Waals surface area (Å²) >= 11 is 7.55. The molecule has 1 fully saturated rings. The summed E-state index contributed by atoms with van der Waals surface area (Å²) in [5, 5.41) is 9.00. The first-order valence-electron chi connectivity index (χ1n) is 11.0. The minimum atomic E-state index is -0.239. The van der Waals surface area contributed by atoms with Crippen molar-refractivity contribution in [3.8, 4) is 5.75 Å². The van der Waals surface area contributed by atoms with E-state index in [1.165, 1.54) is 16.9 Å². The third-order valence-corrected chi connectivity index (χ3v) is 6.84. The number of aryl methyl sites for hydroxylation is 1. The van der Waals surface area contributed by atoms with E-state index < -0.39 is 0 Å². The topological polar surface area (TPSA) is 80.3 Å². The van der Waals surface area contributed by atoms with Crippen LogP contribution in [0.4, 0.5) is 0 Å². The first kappa shape index (κ1) is 23.3. The number of hydrogen-bond acceptors (Lipinski definition) is 5. The Balaban J connectivity index is 1.35. The van der Waals surface area contributed by atoms with Gasteiger partial charge >= 0.3 is 0 Å². The monoisotopic (exact) mass is 483 g/mol. The molecule has 1 heterocycles. The molecule has 2 aromatic carbocycles. The molecule has 3 aromatic rings. The molecule has 0 saturated heterocycles. The third-order valence-electron chi connectivity index (χ3n) is 5.69. The molecule has 2 atom stereocenters. The van der Waals surface area contributed by atoms with Crippen LogP contribution in [-0.2, 0) is 6.61 Å². The van der Waals surface area contributed by atoms with Crippen LogP contribution in [0, 0.1) is 6.92 Å². The fraction of sp³-hybridized carbons (Fsp3) is 0.320. The van der Waals surface area contributed by atoms with Gasteiger partial charge in [0.05, 0.1) is 10.6 Å². The maximum absolute atomic E-state index is 12.9. The summed E-state index contributed by atoms with van der Waals surface area (Å²) < 4.78 is 5.76. The molecule has 1 aromatic heterocycles. The summed E-state index contributed by atoms with van der Waals surface area (Å²) in [6.45, 7) is 2.33. The number of nitrogens with one attached hydrogen (secondary N) is 2. The van der Waals surface area contributed by atoms with Crippen LogP contribution in [-0.4, -0.2) is 28.9 Å². The van der Waals surface area contributed by atoms with Gasteiger partial charge in [-0.25, -0.2) is 4.98 Å². The number of thiazole rings is 1. The zero-order valence-electron chi connectivity index (χ0n) is 18.3. The minimum absolute atomic E-state index is 0.158. The highest BCUT2D eigenvalue weighted by Crippen LogP contribution is 2.22. The van der Waals surface area contributed by atoms with Crippen molar-refractivity contribution < 1.29 is 14.3 Å². The molecule has 1 aliphatic carbocycles. The number of aromatic nitrogens is 1. The number of carbonyl (C=O) groups excluding carboxylic acids is 2. The van der Waals surface area contributed by atoms with Crippen LogP contribution >= 0.6 is 22.9 Å². The van der Waals surface area contributed by atoms with E-state index in [2.05, 4.69) is 15.6 Å². The van der Waals surface area contributed by atoms with Crippen molar-refractivity contribution in [1.82, 2.24) is 15.6 Å². The number of hydrogen-bond donors (Lipinski definition) is 2. The quantitative estimate of drug-likeness (QED) is 0.486. The van der Waals surface area contributed by atoms with E-state index in [1.54, 1.807) is 29.6 Å². The summed E-state index contributed by atoms with van der Waals surface area (Å²) in [6, 6.07) is 14.4. The average molecular weight is 484 g/mol. The SMILES string of the molecule is Cc1ccc(OCc2nc(C(=O)N[C@@H]3CCCC[C@H]3NC(=O)c3ccccc3Cl)cs2)cc1. The predicted octanol–water partition coefficient (Wildman–Crippen LogP) is 5.15. The summed E-state index contributed by atoms with van der Waals surface area (Å²) in [6.07, 6.45) is 3.59. The summed E-state index contributed by atoms with van der Waals surface area (Å²) in [5.74, 6) is 0.300. The Morgan fingerprint density at radius 1 is 1.03 bits per heavy atom. The zero-order chi connectivity index (χ0) is 23.2. The third kappa shape index (κ3) is 6.12. The van der Waals surface area contributed by atoms with Crippen LogP contribution in [0.15, 0.2) is 53.9 Å². The molecule has 1 aliphatic rings. The van der Waals surface area contributed by atoms with Crippen molar-refractivity contribution in [2.24, 2.45) is 0 Å². The van der Waals surface area contributed by atoms with Crippen LogP contribution in [0.3, 0.4) is 0 Å². The van der Waals surface area contributed by atoms with Gasteiger partial charge in [-0.05, 0) is 44.0 Å². The standard InChI is InChI=1S/C25H26ClN3O3S/c1-16-10-12-17(13-11-16)32-14-23-27-22(15-33-23)25(31)29-21-9-5-4-8-20(21)28-24(30)18-6-2-3-7-19(18)26/h2-3,6-7,10-13,15,20-21H,4-5,8-9,14H2,1H3,(H,28,30)(H,29,31)/t20-,21-/m1/s1. The number of halogens is 1. The van der Waals surface area contributed by atoms with Gasteiger partial charge < -0.3 is 15.4 Å². The normalized spacial score (nSPS) is 17.9. The van der Waals surface area contributed by atoms with E-state index >= 15 is 0 Å². The van der Waals surface area contributed by atoms with Gasteiger partial charge in [-0.3, -0.25) is 9.59 Å². The lowest BCUT2D eigenvalue weighted by Crippen LogP contribution is -2.53. The predicted molar refractivity (Wildman–Crippen MR) is 130 cm³/mol. The van der Waals surface area contributed by atoms with Crippen molar-refractivity contribution in [1.29, 1.82) is 0 Å². The van der Waals surface area contributed by atoms with Gasteiger partial charge in [0.2, 0.25) is 0 Å². The van der Waals surface area contributed by atoms with E-state index in [0.29, 0.717) is 22.9 Å². The molecule has 172 valence electrons. The van der Waals surface area contributed by atoms with E-state index in [-0.39, 0.29) is 23.9 Å². The zero-order valence-corrected chi connectivity index (χ0v) is 19.9. The largest absolute Gasteiger partial charge is 0.486 e. The Bertz CT molecular complexity index is 1120. The first-order valence-corrected chi connectivity index (χ1v) is 12.3. The smallest absolute Gasteiger partial charge is 0.271 e. The molecule has 0 unspecified atom stereocenters. The molecule has 0 aliphatic heterocycles. The minimum Gasteiger partial charge on any atom is -0.486 e. The van der Waals surface area contributed by atoms with Crippen LogP contribution in [0.5, 0.6) is 5.75 Å². The number of benzene rings is 2. The molecule has 6 nitrogen and oxygen atoms in total. The summed E-state index contributed by atoms with van der Waals surface area (Å²) in [4.78, 5) is 30.0.